The molecule has 1 aliphatic rings. The number of rotatable bonds is 7. The van der Waals surface area contributed by atoms with Crippen LogP contribution in [0.4, 0.5) is 0 Å². The molecule has 0 aromatic heterocycles. The number of benzene rings is 2. The van der Waals surface area contributed by atoms with Crippen molar-refractivity contribution in [1.82, 2.24) is 5.32 Å². The van der Waals surface area contributed by atoms with Gasteiger partial charge in [0.15, 0.2) is 0 Å². The van der Waals surface area contributed by atoms with Gasteiger partial charge in [-0.1, -0.05) is 55.5 Å². The Morgan fingerprint density at radius 3 is 2.07 bits per heavy atom. The van der Waals surface area contributed by atoms with Gasteiger partial charge in [0.2, 0.25) is 11.8 Å². The van der Waals surface area contributed by atoms with Crippen LogP contribution in [0.15, 0.2) is 48.5 Å². The lowest BCUT2D eigenvalue weighted by Crippen LogP contribution is -2.47. The minimum Gasteiger partial charge on any atom is -0.466 e. The Hall–Kier alpha value is -3.15. The Morgan fingerprint density at radius 1 is 1.04 bits per heavy atom. The molecule has 1 aliphatic carbocycles. The van der Waals surface area contributed by atoms with Gasteiger partial charge in [-0.15, -0.1) is 0 Å². The zero-order chi connectivity index (χ0) is 20.3. The van der Waals surface area contributed by atoms with Crippen LogP contribution in [0.25, 0.3) is 11.1 Å². The van der Waals surface area contributed by atoms with Crippen molar-refractivity contribution in [1.29, 1.82) is 0 Å². The third-order valence-corrected chi connectivity index (χ3v) is 5.03. The highest BCUT2D eigenvalue weighted by Gasteiger charge is 2.35. The van der Waals surface area contributed by atoms with Gasteiger partial charge in [0, 0.05) is 0 Å². The summed E-state index contributed by atoms with van der Waals surface area (Å²) >= 11 is 0. The van der Waals surface area contributed by atoms with Crippen LogP contribution < -0.4 is 11.1 Å². The molecule has 6 heteroatoms. The van der Waals surface area contributed by atoms with Gasteiger partial charge >= 0.3 is 5.97 Å². The molecule has 0 heterocycles. The minimum atomic E-state index is -0.952. The lowest BCUT2D eigenvalue weighted by molar-refractivity contribution is -0.148. The largest absolute Gasteiger partial charge is 0.466 e. The number of fused-ring (bicyclic) bond motifs is 3. The summed E-state index contributed by atoms with van der Waals surface area (Å²) < 4.78 is 4.98. The van der Waals surface area contributed by atoms with Gasteiger partial charge in [0.1, 0.15) is 6.04 Å². The summed E-state index contributed by atoms with van der Waals surface area (Å²) in [6.07, 6.45) is 0.0932. The van der Waals surface area contributed by atoms with Gasteiger partial charge in [-0.2, -0.15) is 0 Å². The number of primary amides is 1. The SMILES string of the molecule is CCOC(=O)[C@H](C)C[C@H](NC(=O)C1c2ccccc2-c2ccccc21)C(N)=O. The maximum absolute atomic E-state index is 13.1. The zero-order valence-electron chi connectivity index (χ0n) is 16.0. The number of ether oxygens (including phenoxy) is 1. The average molecular weight is 380 g/mol. The lowest BCUT2D eigenvalue weighted by Gasteiger charge is -2.21. The van der Waals surface area contributed by atoms with Crippen molar-refractivity contribution in [2.24, 2.45) is 11.7 Å². The van der Waals surface area contributed by atoms with Gasteiger partial charge in [-0.25, -0.2) is 0 Å². The Kier molecular flexibility index (Phi) is 5.78. The summed E-state index contributed by atoms with van der Waals surface area (Å²) in [6, 6.07) is 14.5. The van der Waals surface area contributed by atoms with E-state index in [-0.39, 0.29) is 18.9 Å². The predicted octanol–water partition coefficient (Wildman–Crippen LogP) is 2.36. The van der Waals surface area contributed by atoms with Crippen LogP contribution in [0.1, 0.15) is 37.3 Å². The molecule has 6 nitrogen and oxygen atoms in total. The topological polar surface area (TPSA) is 98.5 Å². The number of carbonyl (C=O) groups is 3. The van der Waals surface area contributed by atoms with Crippen LogP contribution in [0.5, 0.6) is 0 Å². The van der Waals surface area contributed by atoms with E-state index < -0.39 is 29.8 Å². The summed E-state index contributed by atoms with van der Waals surface area (Å²) in [4.78, 5) is 36.9. The second kappa shape index (κ2) is 8.25. The fraction of sp³-hybridized carbons (Fsp3) is 0.318. The third-order valence-electron chi connectivity index (χ3n) is 5.03. The van der Waals surface area contributed by atoms with Crippen LogP contribution in [-0.4, -0.2) is 30.4 Å². The number of hydrogen-bond donors (Lipinski definition) is 2. The number of amides is 2. The Balaban J connectivity index is 1.83. The molecular weight excluding hydrogens is 356 g/mol. The van der Waals surface area contributed by atoms with Crippen molar-refractivity contribution in [3.05, 3.63) is 59.7 Å². The lowest BCUT2D eigenvalue weighted by atomic mass is 9.94. The molecule has 0 bridgehead atoms. The van der Waals surface area contributed by atoms with E-state index in [0.717, 1.165) is 22.3 Å². The van der Waals surface area contributed by atoms with Crippen molar-refractivity contribution >= 4 is 17.8 Å². The monoisotopic (exact) mass is 380 g/mol. The number of nitrogens with two attached hydrogens (primary N) is 1. The van der Waals surface area contributed by atoms with Crippen LogP contribution in [0.3, 0.4) is 0 Å². The standard InChI is InChI=1S/C22H24N2O4/c1-3-28-22(27)13(2)12-18(20(23)25)24-21(26)19-16-10-6-4-8-14(16)15-9-5-7-11-17(15)19/h4-11,13,18-19H,3,12H2,1-2H3,(H2,23,25)(H,24,26)/t13-,18+/m1/s1. The molecule has 3 rings (SSSR count). The van der Waals surface area contributed by atoms with Crippen molar-refractivity contribution in [2.45, 2.75) is 32.2 Å². The molecule has 146 valence electrons. The van der Waals surface area contributed by atoms with E-state index >= 15 is 0 Å². The molecule has 0 saturated carbocycles. The van der Waals surface area contributed by atoms with Crippen LogP contribution in [-0.2, 0) is 19.1 Å². The molecule has 2 atom stereocenters. The van der Waals surface area contributed by atoms with Gasteiger partial charge in [0.05, 0.1) is 18.4 Å². The van der Waals surface area contributed by atoms with E-state index in [2.05, 4.69) is 5.32 Å². The summed E-state index contributed by atoms with van der Waals surface area (Å²) in [5, 5.41) is 2.75. The normalized spacial score (nSPS) is 14.5. The van der Waals surface area contributed by atoms with E-state index in [0.29, 0.717) is 0 Å². The molecule has 0 fully saturated rings. The van der Waals surface area contributed by atoms with Crippen LogP contribution in [0, 0.1) is 5.92 Å². The van der Waals surface area contributed by atoms with Crippen LogP contribution in [0.2, 0.25) is 0 Å². The van der Waals surface area contributed by atoms with Crippen molar-refractivity contribution < 1.29 is 19.1 Å². The molecule has 0 radical (unpaired) electrons. The summed E-state index contributed by atoms with van der Waals surface area (Å²) in [5.74, 6) is -2.48. The maximum Gasteiger partial charge on any atom is 0.308 e. The first-order valence-electron chi connectivity index (χ1n) is 9.38. The maximum atomic E-state index is 13.1. The molecule has 0 saturated heterocycles. The molecule has 2 aromatic carbocycles. The van der Waals surface area contributed by atoms with Crippen LogP contribution >= 0.6 is 0 Å². The quantitative estimate of drug-likeness (QED) is 0.721. The first-order chi connectivity index (χ1) is 13.4. The summed E-state index contributed by atoms with van der Waals surface area (Å²) in [7, 11) is 0. The molecule has 2 aromatic rings. The highest BCUT2D eigenvalue weighted by molar-refractivity contribution is 5.98. The van der Waals surface area contributed by atoms with Crippen molar-refractivity contribution in [3.63, 3.8) is 0 Å². The second-order valence-corrected chi connectivity index (χ2v) is 6.96. The van der Waals surface area contributed by atoms with Crippen molar-refractivity contribution in [3.8, 4) is 11.1 Å². The Labute approximate surface area is 164 Å². The smallest absolute Gasteiger partial charge is 0.308 e. The first-order valence-corrected chi connectivity index (χ1v) is 9.38. The van der Waals surface area contributed by atoms with Crippen molar-refractivity contribution in [2.75, 3.05) is 6.61 Å². The zero-order valence-corrected chi connectivity index (χ0v) is 16.0. The fourth-order valence-corrected chi connectivity index (χ4v) is 3.67. The molecular formula is C22H24N2O4. The van der Waals surface area contributed by atoms with Gasteiger partial charge < -0.3 is 15.8 Å². The van der Waals surface area contributed by atoms with Gasteiger partial charge in [-0.05, 0) is 35.6 Å². The number of nitrogens with one attached hydrogen (secondary N) is 1. The van der Waals surface area contributed by atoms with E-state index in [1.54, 1.807) is 13.8 Å². The van der Waals surface area contributed by atoms with Gasteiger partial charge in [0.25, 0.3) is 0 Å². The Bertz CT molecular complexity index is 863. The summed E-state index contributed by atoms with van der Waals surface area (Å²) in [5.41, 5.74) is 9.29. The first kappa shape index (κ1) is 19.6. The molecule has 28 heavy (non-hydrogen) atoms. The third kappa shape index (κ3) is 3.76. The highest BCUT2D eigenvalue weighted by Crippen LogP contribution is 2.44. The average Bonchev–Trinajstić information content (AvgIpc) is 3.02. The predicted molar refractivity (Wildman–Crippen MR) is 105 cm³/mol. The minimum absolute atomic E-state index is 0.0932. The Morgan fingerprint density at radius 2 is 1.57 bits per heavy atom. The highest BCUT2D eigenvalue weighted by atomic mass is 16.5. The second-order valence-electron chi connectivity index (χ2n) is 6.96. The molecule has 0 aliphatic heterocycles. The van der Waals surface area contributed by atoms with E-state index in [4.69, 9.17) is 10.5 Å². The molecule has 0 spiro atoms. The van der Waals surface area contributed by atoms with Gasteiger partial charge in [-0.3, -0.25) is 14.4 Å². The summed E-state index contributed by atoms with van der Waals surface area (Å²) in [6.45, 7) is 3.62. The number of hydrogen-bond acceptors (Lipinski definition) is 4. The number of esters is 1. The number of carbonyl (C=O) groups excluding carboxylic acids is 3. The van der Waals surface area contributed by atoms with E-state index in [9.17, 15) is 14.4 Å². The fourth-order valence-electron chi connectivity index (χ4n) is 3.67. The molecule has 0 unspecified atom stereocenters. The molecule has 3 N–H and O–H groups in total. The molecule has 2 amide bonds. The van der Waals surface area contributed by atoms with E-state index in [1.807, 2.05) is 48.5 Å². The van der Waals surface area contributed by atoms with E-state index in [1.165, 1.54) is 0 Å².